The van der Waals surface area contributed by atoms with Crippen molar-refractivity contribution in [1.29, 1.82) is 0 Å². The summed E-state index contributed by atoms with van der Waals surface area (Å²) in [6.45, 7) is 2.97. The van der Waals surface area contributed by atoms with E-state index >= 15 is 0 Å². The van der Waals surface area contributed by atoms with Crippen LogP contribution >= 0.6 is 23.2 Å². The molecule has 3 nitrogen and oxygen atoms in total. The van der Waals surface area contributed by atoms with Crippen molar-refractivity contribution in [3.05, 3.63) is 16.1 Å². The lowest BCUT2D eigenvalue weighted by Crippen LogP contribution is -2.21. The summed E-state index contributed by atoms with van der Waals surface area (Å²) >= 11 is 12.3. The first-order valence-corrected chi connectivity index (χ1v) is 6.71. The van der Waals surface area contributed by atoms with Gasteiger partial charge >= 0.3 is 0 Å². The molecule has 94 valence electrons. The van der Waals surface area contributed by atoms with Crippen LogP contribution in [0.25, 0.3) is 0 Å². The predicted octanol–water partition coefficient (Wildman–Crippen LogP) is 3.81. The van der Waals surface area contributed by atoms with E-state index in [2.05, 4.69) is 22.1 Å². The van der Waals surface area contributed by atoms with Crippen molar-refractivity contribution in [2.75, 3.05) is 23.8 Å². The van der Waals surface area contributed by atoms with E-state index in [1.807, 2.05) is 7.05 Å². The SMILES string of the molecule is CCCNc1nc(N(C)C2CC2)c(Cl)cc1Cl. The molecule has 0 aliphatic heterocycles. The minimum atomic E-state index is 0.580. The molecule has 1 saturated carbocycles. The van der Waals surface area contributed by atoms with Gasteiger partial charge in [-0.25, -0.2) is 4.98 Å². The van der Waals surface area contributed by atoms with Gasteiger partial charge in [-0.05, 0) is 25.3 Å². The second kappa shape index (κ2) is 5.32. The molecule has 1 aromatic rings. The Balaban J connectivity index is 2.24. The van der Waals surface area contributed by atoms with Crippen molar-refractivity contribution < 1.29 is 0 Å². The van der Waals surface area contributed by atoms with Gasteiger partial charge in [-0.2, -0.15) is 0 Å². The maximum Gasteiger partial charge on any atom is 0.149 e. The number of hydrogen-bond donors (Lipinski definition) is 1. The lowest BCUT2D eigenvalue weighted by Gasteiger charge is -2.20. The number of halogens is 2. The average molecular weight is 274 g/mol. The molecule has 0 radical (unpaired) electrons. The molecular formula is C12H17Cl2N3. The summed E-state index contributed by atoms with van der Waals surface area (Å²) in [5.74, 6) is 1.54. The standard InChI is InChI=1S/C12H17Cl2N3/c1-3-6-15-11-9(13)7-10(14)12(16-11)17(2)8-4-5-8/h7-8H,3-6H2,1-2H3,(H,15,16). The van der Waals surface area contributed by atoms with Gasteiger partial charge in [0.1, 0.15) is 11.6 Å². The van der Waals surface area contributed by atoms with Gasteiger partial charge in [-0.1, -0.05) is 30.1 Å². The van der Waals surface area contributed by atoms with Gasteiger partial charge < -0.3 is 10.2 Å². The van der Waals surface area contributed by atoms with Crippen LogP contribution in [0.4, 0.5) is 11.6 Å². The monoisotopic (exact) mass is 273 g/mol. The first-order chi connectivity index (χ1) is 8.13. The fraction of sp³-hybridized carbons (Fsp3) is 0.583. The van der Waals surface area contributed by atoms with Gasteiger partial charge in [-0.15, -0.1) is 0 Å². The first-order valence-electron chi connectivity index (χ1n) is 5.96. The van der Waals surface area contributed by atoms with Gasteiger partial charge in [-0.3, -0.25) is 0 Å². The molecule has 0 unspecified atom stereocenters. The topological polar surface area (TPSA) is 28.2 Å². The minimum Gasteiger partial charge on any atom is -0.369 e. The fourth-order valence-corrected chi connectivity index (χ4v) is 2.27. The molecule has 0 amide bonds. The van der Waals surface area contributed by atoms with Crippen LogP contribution in [-0.2, 0) is 0 Å². The van der Waals surface area contributed by atoms with Gasteiger partial charge in [0.25, 0.3) is 0 Å². The van der Waals surface area contributed by atoms with Crippen LogP contribution < -0.4 is 10.2 Å². The second-order valence-corrected chi connectivity index (χ2v) is 5.21. The second-order valence-electron chi connectivity index (χ2n) is 4.39. The zero-order chi connectivity index (χ0) is 12.4. The Bertz CT molecular complexity index is 405. The molecule has 0 spiro atoms. The Kier molecular flexibility index (Phi) is 4.00. The third-order valence-corrected chi connectivity index (χ3v) is 3.45. The van der Waals surface area contributed by atoms with Crippen molar-refractivity contribution in [3.8, 4) is 0 Å². The summed E-state index contributed by atoms with van der Waals surface area (Å²) in [6.07, 6.45) is 3.47. The molecule has 0 bridgehead atoms. The Labute approximate surface area is 112 Å². The molecule has 2 rings (SSSR count). The van der Waals surface area contributed by atoms with Crippen molar-refractivity contribution in [2.45, 2.75) is 32.2 Å². The molecule has 1 heterocycles. The van der Waals surface area contributed by atoms with E-state index in [1.165, 1.54) is 12.8 Å². The normalized spacial score (nSPS) is 14.8. The Hall–Kier alpha value is -0.670. The molecule has 1 aromatic heterocycles. The summed E-state index contributed by atoms with van der Waals surface area (Å²) < 4.78 is 0. The van der Waals surface area contributed by atoms with E-state index in [-0.39, 0.29) is 0 Å². The highest BCUT2D eigenvalue weighted by Gasteiger charge is 2.28. The van der Waals surface area contributed by atoms with Crippen LogP contribution in [0.2, 0.25) is 10.0 Å². The smallest absolute Gasteiger partial charge is 0.149 e. The van der Waals surface area contributed by atoms with Crippen LogP contribution in [0, 0.1) is 0 Å². The summed E-state index contributed by atoms with van der Waals surface area (Å²) in [4.78, 5) is 6.66. The fourth-order valence-electron chi connectivity index (χ4n) is 1.71. The van der Waals surface area contributed by atoms with E-state index < -0.39 is 0 Å². The Morgan fingerprint density at radius 3 is 2.71 bits per heavy atom. The molecule has 1 N–H and O–H groups in total. The van der Waals surface area contributed by atoms with Crippen LogP contribution in [0.5, 0.6) is 0 Å². The third kappa shape index (κ3) is 2.96. The number of aromatic nitrogens is 1. The lowest BCUT2D eigenvalue weighted by atomic mass is 10.4. The maximum absolute atomic E-state index is 6.19. The largest absolute Gasteiger partial charge is 0.369 e. The molecular weight excluding hydrogens is 257 g/mol. The molecule has 1 aliphatic carbocycles. The summed E-state index contributed by atoms with van der Waals surface area (Å²) in [5.41, 5.74) is 0. The number of nitrogens with one attached hydrogen (secondary N) is 1. The van der Waals surface area contributed by atoms with E-state index in [0.717, 1.165) is 24.6 Å². The van der Waals surface area contributed by atoms with Crippen LogP contribution in [0.1, 0.15) is 26.2 Å². The minimum absolute atomic E-state index is 0.580. The quantitative estimate of drug-likeness (QED) is 0.885. The van der Waals surface area contributed by atoms with Crippen LogP contribution in [0.15, 0.2) is 6.07 Å². The van der Waals surface area contributed by atoms with Gasteiger partial charge in [0.15, 0.2) is 0 Å². The zero-order valence-corrected chi connectivity index (χ0v) is 11.6. The molecule has 1 aliphatic rings. The molecule has 0 saturated heterocycles. The highest BCUT2D eigenvalue weighted by atomic mass is 35.5. The molecule has 5 heteroatoms. The average Bonchev–Trinajstić information content (AvgIpc) is 3.11. The first kappa shape index (κ1) is 12.8. The highest BCUT2D eigenvalue weighted by molar-refractivity contribution is 6.37. The number of pyridine rings is 1. The van der Waals surface area contributed by atoms with Gasteiger partial charge in [0, 0.05) is 19.6 Å². The number of anilines is 2. The molecule has 0 atom stereocenters. The summed E-state index contributed by atoms with van der Waals surface area (Å²) in [5, 5.41) is 4.41. The molecule has 17 heavy (non-hydrogen) atoms. The van der Waals surface area contributed by atoms with Gasteiger partial charge in [0.2, 0.25) is 0 Å². The summed E-state index contributed by atoms with van der Waals surface area (Å²) in [6, 6.07) is 2.35. The van der Waals surface area contributed by atoms with E-state index in [0.29, 0.717) is 16.1 Å². The number of hydrogen-bond acceptors (Lipinski definition) is 3. The van der Waals surface area contributed by atoms with Crippen molar-refractivity contribution >= 4 is 34.8 Å². The third-order valence-electron chi connectivity index (χ3n) is 2.88. The number of rotatable bonds is 5. The van der Waals surface area contributed by atoms with Crippen molar-refractivity contribution in [1.82, 2.24) is 4.98 Å². The predicted molar refractivity (Wildman–Crippen MR) is 74.5 cm³/mol. The summed E-state index contributed by atoms with van der Waals surface area (Å²) in [7, 11) is 2.03. The van der Waals surface area contributed by atoms with Crippen molar-refractivity contribution in [3.63, 3.8) is 0 Å². The van der Waals surface area contributed by atoms with E-state index in [1.54, 1.807) is 6.07 Å². The van der Waals surface area contributed by atoms with Gasteiger partial charge in [0.05, 0.1) is 10.0 Å². The highest BCUT2D eigenvalue weighted by Crippen LogP contribution is 2.36. The molecule has 1 fully saturated rings. The van der Waals surface area contributed by atoms with E-state index in [4.69, 9.17) is 23.2 Å². The van der Waals surface area contributed by atoms with Crippen molar-refractivity contribution in [2.24, 2.45) is 0 Å². The number of nitrogens with zero attached hydrogens (tertiary/aromatic N) is 2. The Morgan fingerprint density at radius 1 is 1.41 bits per heavy atom. The zero-order valence-electron chi connectivity index (χ0n) is 10.1. The molecule has 0 aromatic carbocycles. The van der Waals surface area contributed by atoms with E-state index in [9.17, 15) is 0 Å². The van der Waals surface area contributed by atoms with Crippen LogP contribution in [-0.4, -0.2) is 24.6 Å². The lowest BCUT2D eigenvalue weighted by molar-refractivity contribution is 0.889. The maximum atomic E-state index is 6.19. The van der Waals surface area contributed by atoms with Crippen LogP contribution in [0.3, 0.4) is 0 Å². The Morgan fingerprint density at radius 2 is 2.12 bits per heavy atom.